The molecule has 4 aromatic carbocycles. The van der Waals surface area contributed by atoms with Crippen LogP contribution in [0.5, 0.6) is 5.75 Å². The number of aliphatic carboxylic acids is 2. The maximum atomic E-state index is 11.3. The minimum atomic E-state index is -1.91. The molecule has 16 heteroatoms. The number of hydrogen-bond donors (Lipinski definition) is 2. The first-order chi connectivity index (χ1) is 27.8. The molecule has 0 atom stereocenters. The van der Waals surface area contributed by atoms with Gasteiger partial charge in [0, 0.05) is 51.4 Å². The second kappa shape index (κ2) is 15.8. The Morgan fingerprint density at radius 3 is 1.40 bits per heavy atom. The maximum Gasteiger partial charge on any atom is 2.00 e. The zero-order chi connectivity index (χ0) is 39.1. The molecule has 9 rings (SSSR count). The van der Waals surface area contributed by atoms with Crippen LogP contribution in [0.25, 0.3) is 89.7 Å². The van der Waals surface area contributed by atoms with Crippen LogP contribution in [0.1, 0.15) is 13.3 Å². The predicted octanol–water partition coefficient (Wildman–Crippen LogP) is 6.10. The first-order valence-electron chi connectivity index (χ1n) is 18.2. The van der Waals surface area contributed by atoms with Crippen LogP contribution < -0.4 is 14.7 Å². The third-order valence-corrected chi connectivity index (χ3v) is 9.95. The molecule has 0 radical (unpaired) electrons. The van der Waals surface area contributed by atoms with Gasteiger partial charge in [-0.25, -0.2) is 9.97 Å². The molecular weight excluding hydrogens is 794 g/mol. The summed E-state index contributed by atoms with van der Waals surface area (Å²) in [7, 11) is 0. The molecule has 3 aromatic heterocycles. The normalized spacial score (nSPS) is 11.9. The molecule has 5 heterocycles. The zero-order valence-electron chi connectivity index (χ0n) is 31.1. The van der Waals surface area contributed by atoms with E-state index >= 15 is 0 Å². The molecule has 2 N–H and O–H groups in total. The van der Waals surface area contributed by atoms with Gasteiger partial charge in [0.25, 0.3) is 0 Å². The van der Waals surface area contributed by atoms with Crippen molar-refractivity contribution in [2.24, 2.45) is 5.41 Å². The van der Waals surface area contributed by atoms with Crippen LogP contribution in [0, 0.1) is 5.41 Å². The molecule has 15 nitrogen and oxygen atoms in total. The zero-order valence-corrected chi connectivity index (χ0v) is 34.1. The Morgan fingerprint density at radius 2 is 0.931 bits per heavy atom. The van der Waals surface area contributed by atoms with Gasteiger partial charge in [-0.1, -0.05) is 72.8 Å². The summed E-state index contributed by atoms with van der Waals surface area (Å²) in [6, 6.07) is 29.0. The van der Waals surface area contributed by atoms with Crippen LogP contribution in [-0.2, 0) is 38.5 Å². The van der Waals surface area contributed by atoms with Crippen LogP contribution in [0.3, 0.4) is 0 Å². The van der Waals surface area contributed by atoms with E-state index in [4.69, 9.17) is 54.1 Å². The van der Waals surface area contributed by atoms with Crippen molar-refractivity contribution in [2.75, 3.05) is 33.0 Å². The number of carbonyl (C=O) groups is 2. The number of carboxylic acid groups (broad SMARTS) is 2. The first-order valence-corrected chi connectivity index (χ1v) is 18.2. The number of ether oxygens (including phenoxy) is 3. The first kappa shape index (κ1) is 38.4. The molecule has 2 aliphatic rings. The number of nitrogens with zero attached hydrogens (tertiary/aromatic N) is 8. The van der Waals surface area contributed by atoms with Crippen molar-refractivity contribution >= 4 is 56.1 Å². The van der Waals surface area contributed by atoms with Crippen molar-refractivity contribution < 1.29 is 53.5 Å². The van der Waals surface area contributed by atoms with E-state index in [2.05, 4.69) is 0 Å². The summed E-state index contributed by atoms with van der Waals surface area (Å²) in [5.41, 5.74) is 3.05. The quantitative estimate of drug-likeness (QED) is 0.0810. The molecule has 0 fully saturated rings. The van der Waals surface area contributed by atoms with Gasteiger partial charge in [0.1, 0.15) is 12.4 Å². The molecule has 0 unspecified atom stereocenters. The van der Waals surface area contributed by atoms with Gasteiger partial charge in [-0.15, -0.1) is 0 Å². The van der Waals surface area contributed by atoms with E-state index in [9.17, 15) is 19.8 Å². The van der Waals surface area contributed by atoms with Gasteiger partial charge in [0.15, 0.2) is 5.41 Å². The van der Waals surface area contributed by atoms with E-state index in [1.54, 1.807) is 0 Å². The Labute approximate surface area is 342 Å². The Bertz CT molecular complexity index is 2890. The maximum absolute atomic E-state index is 11.3. The molecule has 58 heavy (non-hydrogen) atoms. The monoisotopic (exact) mass is 824 g/mol. The number of hydrogen-bond acceptors (Lipinski definition) is 11. The summed E-state index contributed by atoms with van der Waals surface area (Å²) in [4.78, 5) is 62.2. The summed E-state index contributed by atoms with van der Waals surface area (Å²) in [5, 5.41) is 21.7. The topological polar surface area (TPSA) is 208 Å². The standard InChI is InChI=1S/C42H34N8O7.Zn/c1-42(40(51)52,41(53)54)16-17-55-18-19-56-20-21-57-23-14-15-30-31(22-23)39-49-37-29-13-7-6-12-28(29)35(47-37)45-33-25-9-3-2-8-24(25)32(43-33)44-34-26-10-4-5-11-27(26)36(46-34)48-38(30)50-39;/h2-15,22H,16-21H2,1H3,(H4,43,44,45,46,47,48,49,50,51,52,53,54);/q;+2/p-2. The van der Waals surface area contributed by atoms with Crippen molar-refractivity contribution in [3.05, 3.63) is 91.0 Å². The summed E-state index contributed by atoms with van der Waals surface area (Å²) in [6.45, 7) is 1.98. The fraction of sp³-hybridized carbons (Fsp3) is 0.190. The molecule has 8 bridgehead atoms. The summed E-state index contributed by atoms with van der Waals surface area (Å²) >= 11 is 0. The van der Waals surface area contributed by atoms with Crippen molar-refractivity contribution in [3.8, 4) is 51.3 Å². The molecule has 0 aliphatic carbocycles. The summed E-state index contributed by atoms with van der Waals surface area (Å²) in [5.74, 6) is -0.457. The van der Waals surface area contributed by atoms with E-state index < -0.39 is 17.4 Å². The smallest absolute Gasteiger partial charge is 0.491 e. The summed E-state index contributed by atoms with van der Waals surface area (Å²) in [6.07, 6.45) is -0.168. The third kappa shape index (κ3) is 7.06. The minimum Gasteiger partial charge on any atom is -0.491 e. The number of benzene rings is 4. The van der Waals surface area contributed by atoms with E-state index in [0.717, 1.165) is 45.2 Å². The van der Waals surface area contributed by atoms with Crippen molar-refractivity contribution in [2.45, 2.75) is 13.3 Å². The molecule has 284 valence electrons. The van der Waals surface area contributed by atoms with Gasteiger partial charge in [-0.2, -0.15) is 0 Å². The van der Waals surface area contributed by atoms with Crippen LogP contribution in [0.4, 0.5) is 0 Å². The average Bonchev–Trinajstić information content (AvgIpc) is 3.95. The number of carboxylic acids is 2. The van der Waals surface area contributed by atoms with Gasteiger partial charge in [0.05, 0.1) is 43.1 Å². The van der Waals surface area contributed by atoms with Gasteiger partial charge in [0.2, 0.25) is 0 Å². The molecule has 0 saturated heterocycles. The Kier molecular flexibility index (Phi) is 10.5. The van der Waals surface area contributed by atoms with E-state index in [1.807, 2.05) is 91.0 Å². The second-order valence-corrected chi connectivity index (χ2v) is 13.6. The van der Waals surface area contributed by atoms with Gasteiger partial charge in [-0.3, -0.25) is 9.59 Å². The van der Waals surface area contributed by atoms with Crippen molar-refractivity contribution in [1.29, 1.82) is 0 Å². The van der Waals surface area contributed by atoms with Crippen LogP contribution in [0.2, 0.25) is 0 Å². The predicted molar refractivity (Wildman–Crippen MR) is 209 cm³/mol. The largest absolute Gasteiger partial charge is 2.00 e. The van der Waals surface area contributed by atoms with Crippen molar-refractivity contribution in [3.63, 3.8) is 0 Å². The van der Waals surface area contributed by atoms with E-state index in [-0.39, 0.29) is 58.9 Å². The van der Waals surface area contributed by atoms with Crippen LogP contribution >= 0.6 is 0 Å². The average molecular weight is 826 g/mol. The molecule has 0 saturated carbocycles. The minimum absolute atomic E-state index is 0. The number of rotatable bonds is 12. The molecule has 2 aliphatic heterocycles. The number of aromatic nitrogens is 8. The van der Waals surface area contributed by atoms with Gasteiger partial charge >= 0.3 is 31.4 Å². The number of fused-ring (bicyclic) bond motifs is 20. The molecular formula is C42H32N8O7Zn. The van der Waals surface area contributed by atoms with Crippen molar-refractivity contribution in [1.82, 2.24) is 39.9 Å². The molecule has 0 amide bonds. The Balaban J connectivity index is 0.00000469. The third-order valence-electron chi connectivity index (χ3n) is 9.95. The van der Waals surface area contributed by atoms with E-state index in [0.29, 0.717) is 57.2 Å². The van der Waals surface area contributed by atoms with Gasteiger partial charge < -0.3 is 54.3 Å². The molecule has 7 aromatic rings. The second-order valence-electron chi connectivity index (χ2n) is 13.6. The SMILES string of the molecule is CC(CCOCCOCCOc1ccc2c(c1)-c1nc-2nc2[n-]c(nc3nc(nc4[n-]c(n1)c1ccccc41)-c1ccccc1-3)c1ccccc21)(C(=O)O)C(=O)O.[Zn+2]. The van der Waals surface area contributed by atoms with Gasteiger partial charge in [-0.05, 0) is 53.1 Å². The van der Waals surface area contributed by atoms with Crippen LogP contribution in [0.15, 0.2) is 91.0 Å². The van der Waals surface area contributed by atoms with Crippen LogP contribution in [-0.4, -0.2) is 85.1 Å². The summed E-state index contributed by atoms with van der Waals surface area (Å²) < 4.78 is 17.1. The Morgan fingerprint density at radius 1 is 0.534 bits per heavy atom. The fourth-order valence-corrected chi connectivity index (χ4v) is 6.70. The fourth-order valence-electron chi connectivity index (χ4n) is 6.70. The Hall–Kier alpha value is -6.48. The van der Waals surface area contributed by atoms with E-state index in [1.165, 1.54) is 0 Å². The molecule has 0 spiro atoms.